The van der Waals surface area contributed by atoms with Crippen LogP contribution < -0.4 is 11.1 Å². The van der Waals surface area contributed by atoms with Crippen molar-refractivity contribution in [1.29, 1.82) is 0 Å². The predicted molar refractivity (Wildman–Crippen MR) is 89.2 cm³/mol. The van der Waals surface area contributed by atoms with Gasteiger partial charge < -0.3 is 11.1 Å². The summed E-state index contributed by atoms with van der Waals surface area (Å²) in [5.74, 6) is 0.486. The van der Waals surface area contributed by atoms with Gasteiger partial charge in [0.2, 0.25) is 0 Å². The number of urea groups is 1. The van der Waals surface area contributed by atoms with Crippen LogP contribution in [0.5, 0.6) is 0 Å². The quantitative estimate of drug-likeness (QED) is 0.883. The van der Waals surface area contributed by atoms with Gasteiger partial charge in [-0.15, -0.1) is 0 Å². The number of likely N-dealkylation sites (tertiary alicyclic amines) is 1. The molecule has 1 aromatic heterocycles. The molecule has 0 spiro atoms. The minimum Gasteiger partial charge on any atom is -0.352 e. The molecule has 0 radical (unpaired) electrons. The number of piperidine rings is 1. The summed E-state index contributed by atoms with van der Waals surface area (Å²) in [6.07, 6.45) is 6.03. The van der Waals surface area contributed by atoms with E-state index >= 15 is 0 Å². The van der Waals surface area contributed by atoms with Crippen molar-refractivity contribution in [1.82, 2.24) is 20.0 Å². The normalized spacial score (nSPS) is 18.7. The largest absolute Gasteiger partial charge is 0.352 e. The van der Waals surface area contributed by atoms with Crippen molar-refractivity contribution in [2.75, 3.05) is 19.6 Å². The van der Waals surface area contributed by atoms with Gasteiger partial charge in [-0.2, -0.15) is 5.10 Å². The maximum absolute atomic E-state index is 10.8. The van der Waals surface area contributed by atoms with E-state index in [0.717, 1.165) is 38.2 Å². The van der Waals surface area contributed by atoms with Gasteiger partial charge in [0.15, 0.2) is 0 Å². The number of nitrogens with zero attached hydrogens (tertiary/aromatic N) is 3. The lowest BCUT2D eigenvalue weighted by Gasteiger charge is -2.32. The molecule has 0 saturated carbocycles. The summed E-state index contributed by atoms with van der Waals surface area (Å²) in [6.45, 7) is 3.71. The molecule has 0 bridgehead atoms. The van der Waals surface area contributed by atoms with Crippen LogP contribution in [0.25, 0.3) is 5.69 Å². The summed E-state index contributed by atoms with van der Waals surface area (Å²) >= 11 is 0. The first kappa shape index (κ1) is 15.6. The van der Waals surface area contributed by atoms with E-state index in [0.29, 0.717) is 12.5 Å². The highest BCUT2D eigenvalue weighted by Gasteiger charge is 2.20. The number of carbonyl (C=O) groups is 1. The van der Waals surface area contributed by atoms with Crippen molar-refractivity contribution in [3.8, 4) is 5.69 Å². The maximum atomic E-state index is 10.8. The van der Waals surface area contributed by atoms with E-state index in [1.807, 2.05) is 16.9 Å². The number of rotatable bonds is 5. The Morgan fingerprint density at radius 1 is 1.35 bits per heavy atom. The molecule has 23 heavy (non-hydrogen) atoms. The average Bonchev–Trinajstić information content (AvgIpc) is 3.08. The number of aromatic nitrogens is 2. The third kappa shape index (κ3) is 4.32. The minimum atomic E-state index is -0.434. The molecule has 122 valence electrons. The summed E-state index contributed by atoms with van der Waals surface area (Å²) < 4.78 is 1.86. The molecule has 1 aliphatic heterocycles. The Morgan fingerprint density at radius 3 is 2.87 bits per heavy atom. The highest BCUT2D eigenvalue weighted by Crippen LogP contribution is 2.18. The molecule has 1 aromatic carbocycles. The molecule has 0 aliphatic carbocycles. The van der Waals surface area contributed by atoms with Crippen molar-refractivity contribution in [2.45, 2.75) is 19.4 Å². The first-order valence-electron chi connectivity index (χ1n) is 8.05. The zero-order valence-electron chi connectivity index (χ0n) is 13.2. The van der Waals surface area contributed by atoms with Crippen LogP contribution in [-0.2, 0) is 6.54 Å². The molecule has 1 fully saturated rings. The van der Waals surface area contributed by atoms with Crippen LogP contribution in [0.3, 0.4) is 0 Å². The van der Waals surface area contributed by atoms with Gasteiger partial charge in [0.25, 0.3) is 0 Å². The zero-order chi connectivity index (χ0) is 16.1. The standard InChI is InChI=1S/C17H23N5O/c18-17(23)19-11-15-3-1-9-21(13-15)12-14-4-6-16(7-5-14)22-10-2-8-20-22/h2,4-8,10,15H,1,3,9,11-13H2,(H3,18,19,23). The van der Waals surface area contributed by atoms with E-state index in [9.17, 15) is 4.79 Å². The van der Waals surface area contributed by atoms with E-state index in [-0.39, 0.29) is 0 Å². The van der Waals surface area contributed by atoms with Crippen LogP contribution in [0.1, 0.15) is 18.4 Å². The van der Waals surface area contributed by atoms with Crippen LogP contribution in [0.4, 0.5) is 4.79 Å². The van der Waals surface area contributed by atoms with Gasteiger partial charge in [-0.25, -0.2) is 9.48 Å². The highest BCUT2D eigenvalue weighted by atomic mass is 16.2. The van der Waals surface area contributed by atoms with Crippen LogP contribution in [0.2, 0.25) is 0 Å². The molecule has 6 heteroatoms. The lowest BCUT2D eigenvalue weighted by Crippen LogP contribution is -2.41. The molecule has 2 amide bonds. The second-order valence-electron chi connectivity index (χ2n) is 6.11. The smallest absolute Gasteiger partial charge is 0.312 e. The van der Waals surface area contributed by atoms with Crippen LogP contribution in [-0.4, -0.2) is 40.3 Å². The van der Waals surface area contributed by atoms with Gasteiger partial charge in [0.05, 0.1) is 5.69 Å². The van der Waals surface area contributed by atoms with Gasteiger partial charge in [0.1, 0.15) is 0 Å². The van der Waals surface area contributed by atoms with E-state index in [1.54, 1.807) is 6.20 Å². The first-order chi connectivity index (χ1) is 11.2. The molecular formula is C17H23N5O. The fraction of sp³-hybridized carbons (Fsp3) is 0.412. The third-order valence-corrected chi connectivity index (χ3v) is 4.28. The van der Waals surface area contributed by atoms with Crippen LogP contribution in [0.15, 0.2) is 42.7 Å². The molecule has 3 rings (SSSR count). The summed E-state index contributed by atoms with van der Waals surface area (Å²) in [5.41, 5.74) is 7.52. The zero-order valence-corrected chi connectivity index (χ0v) is 13.2. The maximum Gasteiger partial charge on any atom is 0.312 e. The Hall–Kier alpha value is -2.34. The number of amides is 2. The molecule has 1 atom stereocenters. The van der Waals surface area contributed by atoms with E-state index in [1.165, 1.54) is 5.56 Å². The Kier molecular flexibility index (Phi) is 4.92. The van der Waals surface area contributed by atoms with E-state index in [4.69, 9.17) is 5.73 Å². The van der Waals surface area contributed by atoms with Crippen molar-refractivity contribution < 1.29 is 4.79 Å². The van der Waals surface area contributed by atoms with Gasteiger partial charge in [-0.1, -0.05) is 12.1 Å². The predicted octanol–water partition coefficient (Wildman–Crippen LogP) is 1.75. The van der Waals surface area contributed by atoms with Gasteiger partial charge >= 0.3 is 6.03 Å². The van der Waals surface area contributed by atoms with Crippen LogP contribution in [0, 0.1) is 5.92 Å². The Balaban J connectivity index is 1.55. The minimum absolute atomic E-state index is 0.434. The summed E-state index contributed by atoms with van der Waals surface area (Å²) in [4.78, 5) is 13.3. The number of carbonyl (C=O) groups excluding carboxylic acids is 1. The van der Waals surface area contributed by atoms with Gasteiger partial charge in [-0.3, -0.25) is 4.90 Å². The molecule has 2 heterocycles. The third-order valence-electron chi connectivity index (χ3n) is 4.28. The molecule has 1 aliphatic rings. The molecular weight excluding hydrogens is 290 g/mol. The van der Waals surface area contributed by atoms with Crippen molar-refractivity contribution >= 4 is 6.03 Å². The Labute approximate surface area is 136 Å². The first-order valence-corrected chi connectivity index (χ1v) is 8.05. The number of benzene rings is 1. The monoisotopic (exact) mass is 313 g/mol. The van der Waals surface area contributed by atoms with Crippen molar-refractivity contribution in [3.05, 3.63) is 48.3 Å². The lowest BCUT2D eigenvalue weighted by atomic mass is 9.97. The van der Waals surface area contributed by atoms with Crippen LogP contribution >= 0.6 is 0 Å². The van der Waals surface area contributed by atoms with E-state index in [2.05, 4.69) is 39.6 Å². The highest BCUT2D eigenvalue weighted by molar-refractivity contribution is 5.71. The SMILES string of the molecule is NC(=O)NCC1CCCN(Cc2ccc(-n3cccn3)cc2)C1. The molecule has 6 nitrogen and oxygen atoms in total. The second kappa shape index (κ2) is 7.28. The number of hydrogen-bond acceptors (Lipinski definition) is 3. The number of nitrogens with two attached hydrogens (primary N) is 1. The summed E-state index contributed by atoms with van der Waals surface area (Å²) in [5, 5.41) is 6.96. The molecule has 1 unspecified atom stereocenters. The fourth-order valence-electron chi connectivity index (χ4n) is 3.14. The van der Waals surface area contributed by atoms with Gasteiger partial charge in [0, 0.05) is 32.0 Å². The number of primary amides is 1. The molecule has 2 aromatic rings. The number of hydrogen-bond donors (Lipinski definition) is 2. The summed E-state index contributed by atoms with van der Waals surface area (Å²) in [7, 11) is 0. The average molecular weight is 313 g/mol. The second-order valence-corrected chi connectivity index (χ2v) is 6.11. The van der Waals surface area contributed by atoms with Crippen molar-refractivity contribution in [2.24, 2.45) is 11.7 Å². The van der Waals surface area contributed by atoms with Gasteiger partial charge in [-0.05, 0) is 49.1 Å². The summed E-state index contributed by atoms with van der Waals surface area (Å²) in [6, 6.07) is 9.99. The fourth-order valence-corrected chi connectivity index (χ4v) is 3.14. The Morgan fingerprint density at radius 2 is 2.17 bits per heavy atom. The lowest BCUT2D eigenvalue weighted by molar-refractivity contribution is 0.165. The van der Waals surface area contributed by atoms with Crippen molar-refractivity contribution in [3.63, 3.8) is 0 Å². The molecule has 1 saturated heterocycles. The Bertz CT molecular complexity index is 623. The molecule has 3 N–H and O–H groups in total. The number of nitrogens with one attached hydrogen (secondary N) is 1. The van der Waals surface area contributed by atoms with E-state index < -0.39 is 6.03 Å². The topological polar surface area (TPSA) is 76.2 Å².